The molecule has 3 aromatic rings. The van der Waals surface area contributed by atoms with Crippen molar-refractivity contribution in [3.05, 3.63) is 82.9 Å². The molecule has 5 nitrogen and oxygen atoms in total. The van der Waals surface area contributed by atoms with Crippen LogP contribution in [-0.2, 0) is 6.54 Å². The van der Waals surface area contributed by atoms with Gasteiger partial charge in [-0.2, -0.15) is 0 Å². The Morgan fingerprint density at radius 3 is 2.48 bits per heavy atom. The Hall–Kier alpha value is -3.60. The van der Waals surface area contributed by atoms with E-state index in [0.29, 0.717) is 35.5 Å². The first-order valence-electron chi connectivity index (χ1n) is 9.61. The van der Waals surface area contributed by atoms with Gasteiger partial charge in [0.05, 0.1) is 0 Å². The second-order valence-electron chi connectivity index (χ2n) is 7.14. The van der Waals surface area contributed by atoms with Crippen LogP contribution >= 0.6 is 0 Å². The fourth-order valence-corrected chi connectivity index (χ4v) is 3.93. The number of amides is 1. The normalized spacial score (nSPS) is 13.2. The lowest BCUT2D eigenvalue weighted by Crippen LogP contribution is -2.30. The molecule has 0 N–H and O–H groups in total. The van der Waals surface area contributed by atoms with Crippen molar-refractivity contribution in [2.24, 2.45) is 0 Å². The third-order valence-corrected chi connectivity index (χ3v) is 5.45. The number of carbonyl (C=O) groups excluding carboxylic acids is 2. The first kappa shape index (κ1) is 17.5. The van der Waals surface area contributed by atoms with Crippen molar-refractivity contribution in [3.8, 4) is 22.6 Å². The Morgan fingerprint density at radius 1 is 0.897 bits per heavy atom. The van der Waals surface area contributed by atoms with E-state index < -0.39 is 0 Å². The molecular formula is C24H19NO4. The third-order valence-electron chi connectivity index (χ3n) is 5.45. The van der Waals surface area contributed by atoms with Gasteiger partial charge in [-0.1, -0.05) is 36.4 Å². The molecule has 3 aromatic carbocycles. The molecule has 0 saturated heterocycles. The zero-order chi connectivity index (χ0) is 20.0. The molecule has 0 fully saturated rings. The minimum absolute atomic E-state index is 0.0240. The molecule has 0 aromatic heterocycles. The van der Waals surface area contributed by atoms with E-state index in [-0.39, 0.29) is 18.5 Å². The van der Waals surface area contributed by atoms with Gasteiger partial charge in [-0.15, -0.1) is 0 Å². The standard InChI is InChI=1S/C24H19NO4/c1-2-25(13-15-7-10-21-22(11-15)29-14-28-21)24(27)16-8-9-18-17-5-3-4-6-19(17)23(26)20(18)12-16/h3-12H,2,13-14H2,1H3. The molecule has 0 saturated carbocycles. The van der Waals surface area contributed by atoms with Crippen LogP contribution in [0.5, 0.6) is 11.5 Å². The summed E-state index contributed by atoms with van der Waals surface area (Å²) < 4.78 is 10.8. The molecule has 1 heterocycles. The predicted molar refractivity (Wildman–Crippen MR) is 108 cm³/mol. The molecule has 144 valence electrons. The van der Waals surface area contributed by atoms with E-state index in [1.807, 2.05) is 55.5 Å². The highest BCUT2D eigenvalue weighted by Crippen LogP contribution is 2.37. The number of benzene rings is 3. The first-order chi connectivity index (χ1) is 14.2. The van der Waals surface area contributed by atoms with Gasteiger partial charge in [0.2, 0.25) is 6.79 Å². The third kappa shape index (κ3) is 2.86. The number of ether oxygens (including phenoxy) is 2. The van der Waals surface area contributed by atoms with Crippen molar-refractivity contribution in [3.63, 3.8) is 0 Å². The van der Waals surface area contributed by atoms with Crippen LogP contribution in [0.3, 0.4) is 0 Å². The van der Waals surface area contributed by atoms with Gasteiger partial charge in [-0.25, -0.2) is 0 Å². The first-order valence-corrected chi connectivity index (χ1v) is 9.61. The summed E-state index contributed by atoms with van der Waals surface area (Å²) in [6, 6.07) is 18.7. The summed E-state index contributed by atoms with van der Waals surface area (Å²) >= 11 is 0. The van der Waals surface area contributed by atoms with Crippen molar-refractivity contribution in [2.45, 2.75) is 13.5 Å². The molecule has 1 aliphatic carbocycles. The highest BCUT2D eigenvalue weighted by Gasteiger charge is 2.28. The number of carbonyl (C=O) groups is 2. The lowest BCUT2D eigenvalue weighted by molar-refractivity contribution is 0.0752. The molecule has 29 heavy (non-hydrogen) atoms. The number of fused-ring (bicyclic) bond motifs is 4. The second-order valence-corrected chi connectivity index (χ2v) is 7.14. The average molecular weight is 385 g/mol. The molecule has 0 atom stereocenters. The minimum atomic E-state index is -0.100. The zero-order valence-corrected chi connectivity index (χ0v) is 16.0. The van der Waals surface area contributed by atoms with Gasteiger partial charge in [0.25, 0.3) is 5.91 Å². The fraction of sp³-hybridized carbons (Fsp3) is 0.167. The van der Waals surface area contributed by atoms with Gasteiger partial charge >= 0.3 is 0 Å². The molecule has 1 aliphatic heterocycles. The quantitative estimate of drug-likeness (QED) is 0.526. The summed E-state index contributed by atoms with van der Waals surface area (Å²) in [4.78, 5) is 27.7. The van der Waals surface area contributed by atoms with Gasteiger partial charge < -0.3 is 14.4 Å². The van der Waals surface area contributed by atoms with E-state index >= 15 is 0 Å². The minimum Gasteiger partial charge on any atom is -0.454 e. The largest absolute Gasteiger partial charge is 0.454 e. The van der Waals surface area contributed by atoms with Gasteiger partial charge in [-0.05, 0) is 47.9 Å². The monoisotopic (exact) mass is 385 g/mol. The molecule has 5 heteroatoms. The van der Waals surface area contributed by atoms with Crippen LogP contribution < -0.4 is 9.47 Å². The maximum atomic E-state index is 13.2. The van der Waals surface area contributed by atoms with Crippen LogP contribution in [0.25, 0.3) is 11.1 Å². The summed E-state index contributed by atoms with van der Waals surface area (Å²) in [5.41, 5.74) is 4.60. The van der Waals surface area contributed by atoms with Crippen LogP contribution in [0.15, 0.2) is 60.7 Å². The summed E-state index contributed by atoms with van der Waals surface area (Å²) in [5.74, 6) is 1.30. The van der Waals surface area contributed by atoms with Crippen molar-refractivity contribution in [2.75, 3.05) is 13.3 Å². The second kappa shape index (κ2) is 6.78. The number of hydrogen-bond donors (Lipinski definition) is 0. The zero-order valence-electron chi connectivity index (χ0n) is 16.0. The van der Waals surface area contributed by atoms with Crippen molar-refractivity contribution < 1.29 is 19.1 Å². The van der Waals surface area contributed by atoms with Crippen LogP contribution in [0.1, 0.15) is 38.8 Å². The summed E-state index contributed by atoms with van der Waals surface area (Å²) in [7, 11) is 0. The topological polar surface area (TPSA) is 55.8 Å². The smallest absolute Gasteiger partial charge is 0.254 e. The molecular weight excluding hydrogens is 366 g/mol. The number of rotatable bonds is 4. The maximum Gasteiger partial charge on any atom is 0.254 e. The lowest BCUT2D eigenvalue weighted by Gasteiger charge is -2.21. The van der Waals surface area contributed by atoms with Gasteiger partial charge in [0.1, 0.15) is 0 Å². The highest BCUT2D eigenvalue weighted by molar-refractivity contribution is 6.22. The van der Waals surface area contributed by atoms with Crippen LogP contribution in [0.4, 0.5) is 0 Å². The van der Waals surface area contributed by atoms with Gasteiger partial charge in [-0.3, -0.25) is 9.59 Å². The van der Waals surface area contributed by atoms with Crippen molar-refractivity contribution in [1.29, 1.82) is 0 Å². The summed E-state index contributed by atoms with van der Waals surface area (Å²) in [6.45, 7) is 3.18. The SMILES string of the molecule is CCN(Cc1ccc2c(c1)OCO2)C(=O)c1ccc2c(c1)C(=O)c1ccccc1-2. The summed E-state index contributed by atoms with van der Waals surface area (Å²) in [5, 5.41) is 0. The maximum absolute atomic E-state index is 13.2. The molecule has 5 rings (SSSR count). The van der Waals surface area contributed by atoms with Crippen molar-refractivity contribution >= 4 is 11.7 Å². The fourth-order valence-electron chi connectivity index (χ4n) is 3.93. The molecule has 0 radical (unpaired) electrons. The molecule has 0 spiro atoms. The predicted octanol–water partition coefficient (Wildman–Crippen LogP) is 4.29. The van der Waals surface area contributed by atoms with E-state index in [4.69, 9.17) is 9.47 Å². The summed E-state index contributed by atoms with van der Waals surface area (Å²) in [6.07, 6.45) is 0. The van der Waals surface area contributed by atoms with Crippen LogP contribution in [0, 0.1) is 0 Å². The Bertz CT molecular complexity index is 1150. The number of hydrogen-bond acceptors (Lipinski definition) is 4. The van der Waals surface area contributed by atoms with E-state index in [1.54, 1.807) is 17.0 Å². The van der Waals surface area contributed by atoms with E-state index in [1.165, 1.54) is 0 Å². The van der Waals surface area contributed by atoms with Crippen LogP contribution in [-0.4, -0.2) is 29.9 Å². The molecule has 2 aliphatic rings. The number of ketones is 1. The van der Waals surface area contributed by atoms with Crippen LogP contribution in [0.2, 0.25) is 0 Å². The Labute approximate surface area is 168 Å². The molecule has 1 amide bonds. The van der Waals surface area contributed by atoms with E-state index in [9.17, 15) is 9.59 Å². The van der Waals surface area contributed by atoms with E-state index in [2.05, 4.69) is 0 Å². The Morgan fingerprint density at radius 2 is 1.66 bits per heavy atom. The molecule has 0 unspecified atom stereocenters. The highest BCUT2D eigenvalue weighted by atomic mass is 16.7. The molecule has 0 bridgehead atoms. The van der Waals surface area contributed by atoms with Gasteiger partial charge in [0.15, 0.2) is 17.3 Å². The Balaban J connectivity index is 1.42. The number of nitrogens with zero attached hydrogens (tertiary/aromatic N) is 1. The lowest BCUT2D eigenvalue weighted by atomic mass is 10.0. The van der Waals surface area contributed by atoms with Gasteiger partial charge in [0, 0.05) is 29.8 Å². The van der Waals surface area contributed by atoms with Crippen molar-refractivity contribution in [1.82, 2.24) is 4.90 Å². The Kier molecular flexibility index (Phi) is 4.09. The van der Waals surface area contributed by atoms with E-state index in [0.717, 1.165) is 22.4 Å². The average Bonchev–Trinajstić information content (AvgIpc) is 3.34.